The maximum Gasteiger partial charge on any atom is 0.295 e. The predicted molar refractivity (Wildman–Crippen MR) is 86.9 cm³/mol. The van der Waals surface area contributed by atoms with Crippen molar-refractivity contribution in [1.82, 2.24) is 0 Å². The molecule has 0 bridgehead atoms. The number of nitrogens with zero attached hydrogens (tertiary/aromatic N) is 2. The van der Waals surface area contributed by atoms with Crippen LogP contribution in [-0.4, -0.2) is 5.91 Å². The maximum atomic E-state index is 11.9. The minimum absolute atomic E-state index is 0.341. The highest BCUT2D eigenvalue weighted by Crippen LogP contribution is 2.24. The van der Waals surface area contributed by atoms with Crippen LogP contribution in [0.3, 0.4) is 0 Å². The van der Waals surface area contributed by atoms with E-state index in [0.717, 1.165) is 15.2 Å². The lowest BCUT2D eigenvalue weighted by Gasteiger charge is -1.99. The average molecular weight is 339 g/mol. The van der Waals surface area contributed by atoms with Crippen molar-refractivity contribution in [3.05, 3.63) is 76.8 Å². The molecular formula is C17H11BrN2O. The van der Waals surface area contributed by atoms with Crippen molar-refractivity contribution in [1.29, 1.82) is 0 Å². The van der Waals surface area contributed by atoms with E-state index in [1.54, 1.807) is 24.3 Å². The molecule has 0 N–H and O–H groups in total. The second-order valence-electron chi connectivity index (χ2n) is 4.55. The SMILES string of the molecule is O=C(N=Nc1ccc2cc(Br)ccc2c1)c1ccccc1. The normalized spacial score (nSPS) is 11.1. The predicted octanol–water partition coefficient (Wildman–Crippen LogP) is 5.53. The monoisotopic (exact) mass is 338 g/mol. The van der Waals surface area contributed by atoms with Gasteiger partial charge in [0.25, 0.3) is 5.91 Å². The Hall–Kier alpha value is -2.33. The molecule has 21 heavy (non-hydrogen) atoms. The summed E-state index contributed by atoms with van der Waals surface area (Å²) >= 11 is 3.44. The summed E-state index contributed by atoms with van der Waals surface area (Å²) < 4.78 is 1.03. The van der Waals surface area contributed by atoms with Crippen LogP contribution in [-0.2, 0) is 0 Å². The minimum Gasteiger partial charge on any atom is -0.265 e. The molecule has 0 unspecified atom stereocenters. The Morgan fingerprint density at radius 1 is 0.857 bits per heavy atom. The van der Waals surface area contributed by atoms with Crippen LogP contribution in [0.15, 0.2) is 81.4 Å². The van der Waals surface area contributed by atoms with Gasteiger partial charge >= 0.3 is 0 Å². The Balaban J connectivity index is 1.86. The molecule has 0 aliphatic carbocycles. The number of fused-ring (bicyclic) bond motifs is 1. The topological polar surface area (TPSA) is 41.8 Å². The van der Waals surface area contributed by atoms with Crippen LogP contribution in [0.4, 0.5) is 5.69 Å². The molecule has 0 aliphatic rings. The Morgan fingerprint density at radius 2 is 1.57 bits per heavy atom. The molecule has 0 aliphatic heterocycles. The van der Waals surface area contributed by atoms with Crippen molar-refractivity contribution in [2.45, 2.75) is 0 Å². The summed E-state index contributed by atoms with van der Waals surface area (Å²) in [7, 11) is 0. The van der Waals surface area contributed by atoms with E-state index in [2.05, 4.69) is 26.2 Å². The Morgan fingerprint density at radius 3 is 2.38 bits per heavy atom. The second kappa shape index (κ2) is 5.97. The number of carbonyl (C=O) groups excluding carboxylic acids is 1. The summed E-state index contributed by atoms with van der Waals surface area (Å²) in [6.45, 7) is 0. The summed E-state index contributed by atoms with van der Waals surface area (Å²) in [5, 5.41) is 9.95. The Bertz CT molecular complexity index is 829. The molecule has 3 nitrogen and oxygen atoms in total. The molecule has 0 aromatic heterocycles. The van der Waals surface area contributed by atoms with Crippen LogP contribution >= 0.6 is 15.9 Å². The van der Waals surface area contributed by atoms with Crippen LogP contribution in [0.25, 0.3) is 10.8 Å². The van der Waals surface area contributed by atoms with Gasteiger partial charge in [-0.1, -0.05) is 46.3 Å². The van der Waals surface area contributed by atoms with Crippen molar-refractivity contribution in [3.63, 3.8) is 0 Å². The number of carbonyl (C=O) groups is 1. The van der Waals surface area contributed by atoms with E-state index in [0.29, 0.717) is 11.3 Å². The van der Waals surface area contributed by atoms with Gasteiger partial charge in [-0.25, -0.2) is 0 Å². The van der Waals surface area contributed by atoms with E-state index >= 15 is 0 Å². The molecule has 0 spiro atoms. The molecule has 0 saturated carbocycles. The van der Waals surface area contributed by atoms with Gasteiger partial charge in [0.2, 0.25) is 0 Å². The molecule has 0 saturated heterocycles. The van der Waals surface area contributed by atoms with Crippen molar-refractivity contribution in [2.75, 3.05) is 0 Å². The lowest BCUT2D eigenvalue weighted by atomic mass is 10.1. The van der Waals surface area contributed by atoms with Gasteiger partial charge in [0.1, 0.15) is 0 Å². The second-order valence-corrected chi connectivity index (χ2v) is 5.46. The van der Waals surface area contributed by atoms with E-state index < -0.39 is 0 Å². The van der Waals surface area contributed by atoms with Crippen LogP contribution < -0.4 is 0 Å². The molecule has 3 aromatic rings. The van der Waals surface area contributed by atoms with Crippen LogP contribution in [0.5, 0.6) is 0 Å². The number of amides is 1. The molecule has 1 amide bonds. The highest BCUT2D eigenvalue weighted by molar-refractivity contribution is 9.10. The number of azo groups is 1. The fraction of sp³-hybridized carbons (Fsp3) is 0. The van der Waals surface area contributed by atoms with Crippen LogP contribution in [0, 0.1) is 0 Å². The van der Waals surface area contributed by atoms with Crippen LogP contribution in [0.2, 0.25) is 0 Å². The summed E-state index contributed by atoms with van der Waals surface area (Å²) in [5.74, 6) is -0.341. The van der Waals surface area contributed by atoms with Crippen molar-refractivity contribution in [3.8, 4) is 0 Å². The van der Waals surface area contributed by atoms with E-state index in [1.165, 1.54) is 0 Å². The lowest BCUT2D eigenvalue weighted by Crippen LogP contribution is -1.91. The molecule has 0 fully saturated rings. The zero-order valence-corrected chi connectivity index (χ0v) is 12.6. The van der Waals surface area contributed by atoms with E-state index in [9.17, 15) is 4.79 Å². The first-order chi connectivity index (χ1) is 10.2. The van der Waals surface area contributed by atoms with E-state index in [4.69, 9.17) is 0 Å². The quantitative estimate of drug-likeness (QED) is 0.566. The van der Waals surface area contributed by atoms with Crippen molar-refractivity contribution >= 4 is 38.3 Å². The summed E-state index contributed by atoms with van der Waals surface area (Å²) in [5.41, 5.74) is 1.19. The smallest absolute Gasteiger partial charge is 0.265 e. The molecule has 4 heteroatoms. The fourth-order valence-electron chi connectivity index (χ4n) is 2.01. The van der Waals surface area contributed by atoms with Crippen LogP contribution in [0.1, 0.15) is 10.4 Å². The summed E-state index contributed by atoms with van der Waals surface area (Å²) in [6.07, 6.45) is 0. The molecule has 0 atom stereocenters. The highest BCUT2D eigenvalue weighted by Gasteiger charge is 2.02. The molecule has 0 radical (unpaired) electrons. The first kappa shape index (κ1) is 13.6. The molecule has 102 valence electrons. The maximum absolute atomic E-state index is 11.9. The fourth-order valence-corrected chi connectivity index (χ4v) is 2.39. The first-order valence-electron chi connectivity index (χ1n) is 6.43. The zero-order chi connectivity index (χ0) is 14.7. The van der Waals surface area contributed by atoms with Gasteiger partial charge in [-0.3, -0.25) is 4.79 Å². The number of hydrogen-bond acceptors (Lipinski definition) is 2. The zero-order valence-electron chi connectivity index (χ0n) is 11.0. The Labute approximate surface area is 130 Å². The largest absolute Gasteiger partial charge is 0.295 e. The summed E-state index contributed by atoms with van der Waals surface area (Å²) in [4.78, 5) is 11.9. The Kier molecular flexibility index (Phi) is 3.88. The highest BCUT2D eigenvalue weighted by atomic mass is 79.9. The van der Waals surface area contributed by atoms with Gasteiger partial charge in [0, 0.05) is 10.0 Å². The van der Waals surface area contributed by atoms with Gasteiger partial charge in [-0.15, -0.1) is 10.2 Å². The van der Waals surface area contributed by atoms with Crippen molar-refractivity contribution in [2.24, 2.45) is 10.2 Å². The minimum atomic E-state index is -0.341. The standard InChI is InChI=1S/C17H11BrN2O/c18-15-8-6-14-11-16(9-7-13(14)10-15)19-20-17(21)12-4-2-1-3-5-12/h1-11H. The summed E-state index contributed by atoms with van der Waals surface area (Å²) in [6, 6.07) is 20.6. The molecule has 3 aromatic carbocycles. The van der Waals surface area contributed by atoms with Gasteiger partial charge in [-0.2, -0.15) is 0 Å². The average Bonchev–Trinajstić information content (AvgIpc) is 2.53. The van der Waals surface area contributed by atoms with Gasteiger partial charge < -0.3 is 0 Å². The third-order valence-electron chi connectivity index (χ3n) is 3.06. The third-order valence-corrected chi connectivity index (χ3v) is 3.56. The van der Waals surface area contributed by atoms with Gasteiger partial charge in [-0.05, 0) is 47.2 Å². The van der Waals surface area contributed by atoms with Gasteiger partial charge in [0.15, 0.2) is 0 Å². The number of halogens is 1. The number of hydrogen-bond donors (Lipinski definition) is 0. The van der Waals surface area contributed by atoms with Crippen molar-refractivity contribution < 1.29 is 4.79 Å². The first-order valence-corrected chi connectivity index (χ1v) is 7.22. The number of benzene rings is 3. The third kappa shape index (κ3) is 3.23. The molecule has 0 heterocycles. The molecular weight excluding hydrogens is 328 g/mol. The lowest BCUT2D eigenvalue weighted by molar-refractivity contribution is 0.0995. The molecule has 3 rings (SSSR count). The van der Waals surface area contributed by atoms with E-state index in [1.807, 2.05) is 42.5 Å². The van der Waals surface area contributed by atoms with E-state index in [-0.39, 0.29) is 5.91 Å². The number of rotatable bonds is 2. The van der Waals surface area contributed by atoms with Gasteiger partial charge in [0.05, 0.1) is 5.69 Å².